The highest BCUT2D eigenvalue weighted by atomic mass is 35.5. The molecule has 0 spiro atoms. The summed E-state index contributed by atoms with van der Waals surface area (Å²) < 4.78 is 19.1. The normalized spacial score (nSPS) is 10.3. The SMILES string of the molecule is NC(=O)c1cc(Oc2ccc(Cl)c(Cl)c2)c(F)cc1N. The molecule has 0 saturated carbocycles. The van der Waals surface area contributed by atoms with Crippen LogP contribution in [-0.4, -0.2) is 5.91 Å². The van der Waals surface area contributed by atoms with Crippen molar-refractivity contribution in [3.8, 4) is 11.5 Å². The van der Waals surface area contributed by atoms with E-state index in [0.29, 0.717) is 5.02 Å². The standard InChI is InChI=1S/C13H9Cl2FN2O2/c14-8-2-1-6(3-9(8)15)20-12-4-7(13(18)19)11(17)5-10(12)16/h1-5H,17H2,(H2,18,19). The van der Waals surface area contributed by atoms with Gasteiger partial charge in [-0.3, -0.25) is 4.79 Å². The van der Waals surface area contributed by atoms with Crippen LogP contribution in [0.2, 0.25) is 10.0 Å². The van der Waals surface area contributed by atoms with Crippen LogP contribution in [0.1, 0.15) is 10.4 Å². The van der Waals surface area contributed by atoms with E-state index in [0.717, 1.165) is 12.1 Å². The predicted octanol–water partition coefficient (Wildman–Crippen LogP) is 3.61. The average Bonchev–Trinajstić information content (AvgIpc) is 2.36. The van der Waals surface area contributed by atoms with Crippen molar-refractivity contribution < 1.29 is 13.9 Å². The molecular weight excluding hydrogens is 306 g/mol. The smallest absolute Gasteiger partial charge is 0.250 e. The first-order valence-electron chi connectivity index (χ1n) is 5.40. The molecule has 2 aromatic rings. The summed E-state index contributed by atoms with van der Waals surface area (Å²) in [6.45, 7) is 0. The van der Waals surface area contributed by atoms with Crippen molar-refractivity contribution >= 4 is 34.8 Å². The lowest BCUT2D eigenvalue weighted by atomic mass is 10.1. The summed E-state index contributed by atoms with van der Waals surface area (Å²) >= 11 is 11.6. The first kappa shape index (κ1) is 14.4. The molecule has 2 aromatic carbocycles. The quantitative estimate of drug-likeness (QED) is 0.849. The van der Waals surface area contributed by atoms with Gasteiger partial charge in [0.1, 0.15) is 5.75 Å². The number of halogens is 3. The van der Waals surface area contributed by atoms with Gasteiger partial charge in [-0.1, -0.05) is 23.2 Å². The van der Waals surface area contributed by atoms with Crippen LogP contribution in [0.3, 0.4) is 0 Å². The highest BCUT2D eigenvalue weighted by molar-refractivity contribution is 6.42. The molecule has 0 aliphatic carbocycles. The number of ether oxygens (including phenoxy) is 1. The van der Waals surface area contributed by atoms with Gasteiger partial charge in [0.25, 0.3) is 5.91 Å². The Kier molecular flexibility index (Phi) is 4.01. The summed E-state index contributed by atoms with van der Waals surface area (Å²) in [6.07, 6.45) is 0. The Labute approximate surface area is 124 Å². The lowest BCUT2D eigenvalue weighted by Gasteiger charge is -2.10. The molecule has 7 heteroatoms. The van der Waals surface area contributed by atoms with Crippen molar-refractivity contribution in [3.63, 3.8) is 0 Å². The predicted molar refractivity (Wildman–Crippen MR) is 75.9 cm³/mol. The number of primary amides is 1. The zero-order valence-electron chi connectivity index (χ0n) is 9.99. The van der Waals surface area contributed by atoms with E-state index in [1.807, 2.05) is 0 Å². The Bertz CT molecular complexity index is 692. The molecule has 20 heavy (non-hydrogen) atoms. The number of hydrogen-bond donors (Lipinski definition) is 2. The summed E-state index contributed by atoms with van der Waals surface area (Å²) in [6, 6.07) is 6.53. The molecule has 0 radical (unpaired) electrons. The van der Waals surface area contributed by atoms with Gasteiger partial charge in [0, 0.05) is 17.8 Å². The summed E-state index contributed by atoms with van der Waals surface area (Å²) in [7, 11) is 0. The average molecular weight is 315 g/mol. The molecule has 0 heterocycles. The Hall–Kier alpha value is -1.98. The molecule has 4 N–H and O–H groups in total. The van der Waals surface area contributed by atoms with Gasteiger partial charge in [-0.15, -0.1) is 0 Å². The van der Waals surface area contributed by atoms with Gasteiger partial charge in [-0.05, 0) is 18.2 Å². The maximum Gasteiger partial charge on any atom is 0.250 e. The monoisotopic (exact) mass is 314 g/mol. The fraction of sp³-hybridized carbons (Fsp3) is 0. The molecule has 0 unspecified atom stereocenters. The molecule has 1 amide bonds. The van der Waals surface area contributed by atoms with Crippen molar-refractivity contribution in [2.24, 2.45) is 5.73 Å². The number of rotatable bonds is 3. The molecule has 0 aromatic heterocycles. The van der Waals surface area contributed by atoms with Crippen LogP contribution in [-0.2, 0) is 0 Å². The lowest BCUT2D eigenvalue weighted by Crippen LogP contribution is -2.14. The number of amides is 1. The third-order valence-corrected chi connectivity index (χ3v) is 3.23. The summed E-state index contributed by atoms with van der Waals surface area (Å²) in [5.41, 5.74) is 10.5. The Balaban J connectivity index is 2.40. The molecular formula is C13H9Cl2FN2O2. The highest BCUT2D eigenvalue weighted by Gasteiger charge is 2.14. The third-order valence-electron chi connectivity index (χ3n) is 2.49. The van der Waals surface area contributed by atoms with Gasteiger partial charge < -0.3 is 16.2 Å². The van der Waals surface area contributed by atoms with Crippen LogP contribution >= 0.6 is 23.2 Å². The molecule has 0 saturated heterocycles. The van der Waals surface area contributed by atoms with Crippen molar-refractivity contribution in [2.75, 3.05) is 5.73 Å². The molecule has 0 atom stereocenters. The minimum atomic E-state index is -0.776. The molecule has 0 aliphatic heterocycles. The van der Waals surface area contributed by atoms with E-state index in [-0.39, 0.29) is 27.8 Å². The van der Waals surface area contributed by atoms with E-state index in [9.17, 15) is 9.18 Å². The van der Waals surface area contributed by atoms with E-state index in [2.05, 4.69) is 0 Å². The van der Waals surface area contributed by atoms with Crippen LogP contribution in [0.25, 0.3) is 0 Å². The highest BCUT2D eigenvalue weighted by Crippen LogP contribution is 2.32. The summed E-state index contributed by atoms with van der Waals surface area (Å²) in [4.78, 5) is 11.2. The Morgan fingerprint density at radius 1 is 1.15 bits per heavy atom. The molecule has 104 valence electrons. The topological polar surface area (TPSA) is 78.3 Å². The molecule has 0 fully saturated rings. The first-order chi connectivity index (χ1) is 9.38. The zero-order chi connectivity index (χ0) is 14.9. The van der Waals surface area contributed by atoms with Crippen molar-refractivity contribution in [2.45, 2.75) is 0 Å². The van der Waals surface area contributed by atoms with Crippen molar-refractivity contribution in [1.82, 2.24) is 0 Å². The minimum absolute atomic E-state index is 0.0264. The van der Waals surface area contributed by atoms with E-state index in [1.54, 1.807) is 0 Å². The zero-order valence-corrected chi connectivity index (χ0v) is 11.5. The molecule has 4 nitrogen and oxygen atoms in total. The maximum atomic E-state index is 13.7. The van der Waals surface area contributed by atoms with E-state index in [1.165, 1.54) is 18.2 Å². The van der Waals surface area contributed by atoms with Gasteiger partial charge in [0.15, 0.2) is 11.6 Å². The number of nitrogen functional groups attached to an aromatic ring is 1. The van der Waals surface area contributed by atoms with Gasteiger partial charge >= 0.3 is 0 Å². The molecule has 2 rings (SSSR count). The van der Waals surface area contributed by atoms with Crippen LogP contribution in [0.4, 0.5) is 10.1 Å². The van der Waals surface area contributed by atoms with Crippen LogP contribution in [0, 0.1) is 5.82 Å². The summed E-state index contributed by atoms with van der Waals surface area (Å²) in [5, 5.41) is 0.602. The van der Waals surface area contributed by atoms with Gasteiger partial charge in [-0.2, -0.15) is 0 Å². The van der Waals surface area contributed by atoms with Crippen molar-refractivity contribution in [3.05, 3.63) is 51.8 Å². The minimum Gasteiger partial charge on any atom is -0.454 e. The third kappa shape index (κ3) is 2.95. The molecule has 0 bridgehead atoms. The second-order valence-corrected chi connectivity index (χ2v) is 4.73. The Morgan fingerprint density at radius 3 is 2.45 bits per heavy atom. The number of carbonyl (C=O) groups excluding carboxylic acids is 1. The van der Waals surface area contributed by atoms with E-state index >= 15 is 0 Å². The van der Waals surface area contributed by atoms with Gasteiger partial charge in [0.2, 0.25) is 0 Å². The maximum absolute atomic E-state index is 13.7. The largest absolute Gasteiger partial charge is 0.454 e. The van der Waals surface area contributed by atoms with Crippen molar-refractivity contribution in [1.29, 1.82) is 0 Å². The molecule has 0 aliphatic rings. The number of hydrogen-bond acceptors (Lipinski definition) is 3. The first-order valence-corrected chi connectivity index (χ1v) is 6.16. The number of anilines is 1. The lowest BCUT2D eigenvalue weighted by molar-refractivity contribution is 0.100. The van der Waals surface area contributed by atoms with Gasteiger partial charge in [0.05, 0.1) is 15.6 Å². The van der Waals surface area contributed by atoms with E-state index in [4.69, 9.17) is 39.4 Å². The van der Waals surface area contributed by atoms with E-state index < -0.39 is 11.7 Å². The summed E-state index contributed by atoms with van der Waals surface area (Å²) in [5.74, 6) is -1.43. The second kappa shape index (κ2) is 5.56. The second-order valence-electron chi connectivity index (χ2n) is 3.91. The fourth-order valence-electron chi connectivity index (χ4n) is 1.53. The fourth-order valence-corrected chi connectivity index (χ4v) is 1.82. The van der Waals surface area contributed by atoms with Crippen LogP contribution in [0.5, 0.6) is 11.5 Å². The van der Waals surface area contributed by atoms with Crippen LogP contribution in [0.15, 0.2) is 30.3 Å². The van der Waals surface area contributed by atoms with Crippen LogP contribution < -0.4 is 16.2 Å². The number of benzene rings is 2. The number of nitrogens with two attached hydrogens (primary N) is 2. The Morgan fingerprint density at radius 2 is 1.85 bits per heavy atom. The number of carbonyl (C=O) groups is 1. The van der Waals surface area contributed by atoms with Gasteiger partial charge in [-0.25, -0.2) is 4.39 Å².